The van der Waals surface area contributed by atoms with Gasteiger partial charge in [0.25, 0.3) is 5.91 Å². The predicted molar refractivity (Wildman–Crippen MR) is 103 cm³/mol. The second-order valence-electron chi connectivity index (χ2n) is 5.91. The number of benzene rings is 2. The molecule has 0 atom stereocenters. The van der Waals surface area contributed by atoms with Crippen LogP contribution in [-0.4, -0.2) is 30.5 Å². The first kappa shape index (κ1) is 17.0. The van der Waals surface area contributed by atoms with Crippen LogP contribution in [0, 0.1) is 0 Å². The number of pyridine rings is 1. The Hall–Kier alpha value is -2.88. The van der Waals surface area contributed by atoms with Gasteiger partial charge in [0, 0.05) is 36.9 Å². The van der Waals surface area contributed by atoms with Crippen LogP contribution in [0.2, 0.25) is 0 Å². The zero-order chi connectivity index (χ0) is 17.5. The number of hydrogen-bond donors (Lipinski definition) is 1. The maximum Gasteiger partial charge on any atom is 0.270 e. The molecule has 3 aromatic rings. The van der Waals surface area contributed by atoms with Crippen LogP contribution in [0.1, 0.15) is 23.8 Å². The number of carbonyl (C=O) groups excluding carboxylic acids is 1. The number of rotatable bonds is 7. The van der Waals surface area contributed by atoms with Crippen molar-refractivity contribution in [2.75, 3.05) is 24.5 Å². The molecule has 0 aliphatic carbocycles. The fourth-order valence-electron chi connectivity index (χ4n) is 2.96. The number of nitrogens with one attached hydrogen (secondary N) is 1. The van der Waals surface area contributed by atoms with Gasteiger partial charge >= 0.3 is 0 Å². The zero-order valence-corrected chi connectivity index (χ0v) is 14.5. The number of anilines is 1. The number of carbonyl (C=O) groups is 1. The SMILES string of the molecule is CCN(CCCNC(=O)c1nccc2ccccc12)c1ccccc1. The molecule has 128 valence electrons. The highest BCUT2D eigenvalue weighted by Crippen LogP contribution is 2.16. The minimum absolute atomic E-state index is 0.112. The summed E-state index contributed by atoms with van der Waals surface area (Å²) < 4.78 is 0. The van der Waals surface area contributed by atoms with E-state index in [2.05, 4.69) is 34.3 Å². The molecule has 1 heterocycles. The molecule has 0 bridgehead atoms. The largest absolute Gasteiger partial charge is 0.372 e. The Labute approximate surface area is 148 Å². The van der Waals surface area contributed by atoms with E-state index in [0.29, 0.717) is 12.2 Å². The molecule has 0 unspecified atom stereocenters. The van der Waals surface area contributed by atoms with Gasteiger partial charge < -0.3 is 10.2 Å². The third kappa shape index (κ3) is 4.15. The van der Waals surface area contributed by atoms with Crippen molar-refractivity contribution in [3.8, 4) is 0 Å². The number of fused-ring (bicyclic) bond motifs is 1. The van der Waals surface area contributed by atoms with Crippen molar-refractivity contribution in [3.05, 3.63) is 72.6 Å². The average molecular weight is 333 g/mol. The predicted octanol–water partition coefficient (Wildman–Crippen LogP) is 3.88. The van der Waals surface area contributed by atoms with Crippen molar-refractivity contribution in [1.29, 1.82) is 0 Å². The van der Waals surface area contributed by atoms with Crippen molar-refractivity contribution in [2.45, 2.75) is 13.3 Å². The lowest BCUT2D eigenvalue weighted by molar-refractivity contribution is 0.0950. The quantitative estimate of drug-likeness (QED) is 0.667. The molecule has 3 rings (SSSR count). The first-order valence-electron chi connectivity index (χ1n) is 8.71. The van der Waals surface area contributed by atoms with Crippen LogP contribution < -0.4 is 10.2 Å². The van der Waals surface area contributed by atoms with Crippen LogP contribution in [0.25, 0.3) is 10.8 Å². The fraction of sp³-hybridized carbons (Fsp3) is 0.238. The van der Waals surface area contributed by atoms with Crippen LogP contribution >= 0.6 is 0 Å². The molecule has 0 fully saturated rings. The normalized spacial score (nSPS) is 10.6. The molecular formula is C21H23N3O. The molecule has 0 aliphatic heterocycles. The van der Waals surface area contributed by atoms with Gasteiger partial charge in [0.15, 0.2) is 0 Å². The van der Waals surface area contributed by atoms with Gasteiger partial charge in [-0.25, -0.2) is 0 Å². The van der Waals surface area contributed by atoms with E-state index < -0.39 is 0 Å². The third-order valence-corrected chi connectivity index (χ3v) is 4.28. The lowest BCUT2D eigenvalue weighted by Crippen LogP contribution is -2.30. The molecule has 1 N–H and O–H groups in total. The Bertz CT molecular complexity index is 827. The monoisotopic (exact) mass is 333 g/mol. The highest BCUT2D eigenvalue weighted by atomic mass is 16.1. The van der Waals surface area contributed by atoms with E-state index in [4.69, 9.17) is 0 Å². The molecule has 0 radical (unpaired) electrons. The Balaban J connectivity index is 1.56. The minimum atomic E-state index is -0.112. The summed E-state index contributed by atoms with van der Waals surface area (Å²) in [4.78, 5) is 19.0. The molecule has 25 heavy (non-hydrogen) atoms. The van der Waals surface area contributed by atoms with Crippen LogP contribution in [0.4, 0.5) is 5.69 Å². The summed E-state index contributed by atoms with van der Waals surface area (Å²) in [6.07, 6.45) is 2.57. The molecule has 2 aromatic carbocycles. The van der Waals surface area contributed by atoms with Crippen molar-refractivity contribution in [2.24, 2.45) is 0 Å². The summed E-state index contributed by atoms with van der Waals surface area (Å²) in [6, 6.07) is 20.1. The number of hydrogen-bond acceptors (Lipinski definition) is 3. The standard InChI is InChI=1S/C21H23N3O/c1-2-24(18-10-4-3-5-11-18)16-8-14-23-21(25)20-19-12-7-6-9-17(19)13-15-22-20/h3-7,9-13,15H,2,8,14,16H2,1H3,(H,23,25). The number of aromatic nitrogens is 1. The molecule has 0 saturated heterocycles. The summed E-state index contributed by atoms with van der Waals surface area (Å²) in [6.45, 7) is 4.63. The van der Waals surface area contributed by atoms with Gasteiger partial charge in [0.2, 0.25) is 0 Å². The van der Waals surface area contributed by atoms with E-state index in [0.717, 1.165) is 30.3 Å². The van der Waals surface area contributed by atoms with E-state index in [-0.39, 0.29) is 5.91 Å². The Morgan fingerprint density at radius 2 is 1.80 bits per heavy atom. The Morgan fingerprint density at radius 1 is 1.04 bits per heavy atom. The molecule has 4 nitrogen and oxygen atoms in total. The molecule has 1 aromatic heterocycles. The number of para-hydroxylation sites is 1. The second kappa shape index (κ2) is 8.29. The summed E-state index contributed by atoms with van der Waals surface area (Å²) in [5.74, 6) is -0.112. The molecule has 0 aliphatic rings. The van der Waals surface area contributed by atoms with E-state index in [1.54, 1.807) is 6.20 Å². The van der Waals surface area contributed by atoms with Crippen LogP contribution in [0.15, 0.2) is 66.9 Å². The Morgan fingerprint density at radius 3 is 2.60 bits per heavy atom. The van der Waals surface area contributed by atoms with Crippen molar-refractivity contribution in [1.82, 2.24) is 10.3 Å². The van der Waals surface area contributed by atoms with Gasteiger partial charge in [-0.05, 0) is 36.9 Å². The van der Waals surface area contributed by atoms with Gasteiger partial charge in [-0.3, -0.25) is 9.78 Å². The topological polar surface area (TPSA) is 45.2 Å². The zero-order valence-electron chi connectivity index (χ0n) is 14.5. The lowest BCUT2D eigenvalue weighted by atomic mass is 10.1. The summed E-state index contributed by atoms with van der Waals surface area (Å²) >= 11 is 0. The third-order valence-electron chi connectivity index (χ3n) is 4.28. The van der Waals surface area contributed by atoms with Gasteiger partial charge in [-0.2, -0.15) is 0 Å². The number of amides is 1. The van der Waals surface area contributed by atoms with Crippen LogP contribution in [-0.2, 0) is 0 Å². The van der Waals surface area contributed by atoms with Crippen molar-refractivity contribution in [3.63, 3.8) is 0 Å². The molecule has 0 saturated carbocycles. The van der Waals surface area contributed by atoms with Crippen LogP contribution in [0.3, 0.4) is 0 Å². The Kier molecular flexibility index (Phi) is 5.62. The first-order chi connectivity index (χ1) is 12.3. The van der Waals surface area contributed by atoms with E-state index >= 15 is 0 Å². The van der Waals surface area contributed by atoms with E-state index in [9.17, 15) is 4.79 Å². The summed E-state index contributed by atoms with van der Waals surface area (Å²) in [5, 5.41) is 4.92. The summed E-state index contributed by atoms with van der Waals surface area (Å²) in [5.41, 5.74) is 1.71. The van der Waals surface area contributed by atoms with Crippen molar-refractivity contribution >= 4 is 22.4 Å². The highest BCUT2D eigenvalue weighted by Gasteiger charge is 2.11. The smallest absolute Gasteiger partial charge is 0.270 e. The lowest BCUT2D eigenvalue weighted by Gasteiger charge is -2.23. The molecule has 4 heteroatoms. The molecule has 0 spiro atoms. The number of nitrogens with zero attached hydrogens (tertiary/aromatic N) is 2. The highest BCUT2D eigenvalue weighted by molar-refractivity contribution is 6.05. The van der Waals surface area contributed by atoms with Gasteiger partial charge in [-0.1, -0.05) is 42.5 Å². The van der Waals surface area contributed by atoms with Gasteiger partial charge in [0.05, 0.1) is 0 Å². The minimum Gasteiger partial charge on any atom is -0.372 e. The van der Waals surface area contributed by atoms with Gasteiger partial charge in [0.1, 0.15) is 5.69 Å². The molecular weight excluding hydrogens is 310 g/mol. The van der Waals surface area contributed by atoms with Crippen molar-refractivity contribution < 1.29 is 4.79 Å². The average Bonchev–Trinajstić information content (AvgIpc) is 2.68. The van der Waals surface area contributed by atoms with Gasteiger partial charge in [-0.15, -0.1) is 0 Å². The van der Waals surface area contributed by atoms with E-state index in [1.165, 1.54) is 5.69 Å². The van der Waals surface area contributed by atoms with E-state index in [1.807, 2.05) is 48.5 Å². The van der Waals surface area contributed by atoms with Crippen LogP contribution in [0.5, 0.6) is 0 Å². The molecule has 1 amide bonds. The maximum absolute atomic E-state index is 12.5. The fourth-order valence-corrected chi connectivity index (χ4v) is 2.96. The first-order valence-corrected chi connectivity index (χ1v) is 8.71. The maximum atomic E-state index is 12.5. The summed E-state index contributed by atoms with van der Waals surface area (Å²) in [7, 11) is 0. The second-order valence-corrected chi connectivity index (χ2v) is 5.91.